The van der Waals surface area contributed by atoms with Crippen LogP contribution in [0.15, 0.2) is 12.7 Å². The molecule has 0 aliphatic carbocycles. The highest BCUT2D eigenvalue weighted by Gasteiger charge is 2.41. The third kappa shape index (κ3) is 3.20. The lowest BCUT2D eigenvalue weighted by molar-refractivity contribution is -0.152. The van der Waals surface area contributed by atoms with E-state index in [-0.39, 0.29) is 0 Å². The first kappa shape index (κ1) is 17.0. The number of hydrogen-bond acceptors (Lipinski definition) is 3. The molecule has 1 aromatic rings. The van der Waals surface area contributed by atoms with E-state index in [0.717, 1.165) is 30.6 Å². The molecule has 2 rings (SSSR count). The third-order valence-electron chi connectivity index (χ3n) is 4.51. The number of halogens is 1. The Hall–Kier alpha value is -1.33. The Morgan fingerprint density at radius 1 is 1.59 bits per heavy atom. The minimum Gasteiger partial charge on any atom is -0.481 e. The van der Waals surface area contributed by atoms with Gasteiger partial charge in [0.05, 0.1) is 11.1 Å². The summed E-state index contributed by atoms with van der Waals surface area (Å²) in [5.74, 6) is -0.731. The molecule has 0 spiro atoms. The average Bonchev–Trinajstić information content (AvgIpc) is 2.75. The number of piperidine rings is 1. The van der Waals surface area contributed by atoms with Crippen molar-refractivity contribution in [3.8, 4) is 0 Å². The maximum atomic E-state index is 11.7. The second kappa shape index (κ2) is 6.84. The van der Waals surface area contributed by atoms with Crippen molar-refractivity contribution in [3.63, 3.8) is 0 Å². The van der Waals surface area contributed by atoms with Gasteiger partial charge >= 0.3 is 5.97 Å². The zero-order valence-electron chi connectivity index (χ0n) is 13.3. The quantitative estimate of drug-likeness (QED) is 0.817. The number of hydrogen-bond donors (Lipinski definition) is 1. The number of aryl methyl sites for hydroxylation is 2. The summed E-state index contributed by atoms with van der Waals surface area (Å²) < 4.78 is 1.69. The van der Waals surface area contributed by atoms with Crippen LogP contribution in [0.2, 0.25) is 5.15 Å². The van der Waals surface area contributed by atoms with Crippen LogP contribution in [0.5, 0.6) is 0 Å². The topological polar surface area (TPSA) is 58.4 Å². The zero-order chi connectivity index (χ0) is 16.3. The standard InChI is InChI=1S/C16H24ClN3O2/c1-4-7-16(15(21)22)8-6-9-20(11-16)10-12-13(5-2)18-19(3)14(12)17/h4H,1,5-11H2,2-3H3,(H,21,22)/t16-/m0/s1. The summed E-state index contributed by atoms with van der Waals surface area (Å²) in [6.45, 7) is 7.85. The molecule has 1 fully saturated rings. The molecule has 0 bridgehead atoms. The summed E-state index contributed by atoms with van der Waals surface area (Å²) >= 11 is 6.35. The van der Waals surface area contributed by atoms with E-state index in [1.807, 2.05) is 7.05 Å². The molecule has 1 saturated heterocycles. The molecule has 0 amide bonds. The third-order valence-corrected chi connectivity index (χ3v) is 4.99. The molecule has 5 nitrogen and oxygen atoms in total. The highest BCUT2D eigenvalue weighted by Crippen LogP contribution is 2.35. The normalized spacial score (nSPS) is 22.7. The Balaban J connectivity index is 2.20. The van der Waals surface area contributed by atoms with Gasteiger partial charge in [0.15, 0.2) is 0 Å². The second-order valence-electron chi connectivity index (χ2n) is 6.09. The van der Waals surface area contributed by atoms with Gasteiger partial charge < -0.3 is 5.11 Å². The molecule has 0 radical (unpaired) electrons. The molecule has 1 atom stereocenters. The molecule has 6 heteroatoms. The number of carbonyl (C=O) groups is 1. The van der Waals surface area contributed by atoms with E-state index in [1.165, 1.54) is 0 Å². The lowest BCUT2D eigenvalue weighted by atomic mass is 9.77. The van der Waals surface area contributed by atoms with Crippen LogP contribution < -0.4 is 0 Å². The number of nitrogens with zero attached hydrogens (tertiary/aromatic N) is 3. The van der Waals surface area contributed by atoms with Crippen molar-refractivity contribution in [2.45, 2.75) is 39.2 Å². The molecule has 1 N–H and O–H groups in total. The summed E-state index contributed by atoms with van der Waals surface area (Å²) in [5.41, 5.74) is 1.29. The molecule has 0 unspecified atom stereocenters. The number of rotatable bonds is 6. The van der Waals surface area contributed by atoms with Crippen molar-refractivity contribution in [1.82, 2.24) is 14.7 Å². The predicted octanol–water partition coefficient (Wildman–Crippen LogP) is 2.88. The summed E-state index contributed by atoms with van der Waals surface area (Å²) in [4.78, 5) is 13.9. The highest BCUT2D eigenvalue weighted by molar-refractivity contribution is 6.30. The van der Waals surface area contributed by atoms with Gasteiger partial charge in [-0.05, 0) is 32.2 Å². The number of allylic oxidation sites excluding steroid dienone is 1. The first-order chi connectivity index (χ1) is 10.4. The van der Waals surface area contributed by atoms with E-state index in [1.54, 1.807) is 10.8 Å². The number of likely N-dealkylation sites (tertiary alicyclic amines) is 1. The molecule has 0 aromatic carbocycles. The van der Waals surface area contributed by atoms with Crippen molar-refractivity contribution in [2.24, 2.45) is 12.5 Å². The maximum Gasteiger partial charge on any atom is 0.311 e. The summed E-state index contributed by atoms with van der Waals surface area (Å²) in [5, 5.41) is 14.7. The Morgan fingerprint density at radius 3 is 2.91 bits per heavy atom. The molecule has 1 aliphatic rings. The van der Waals surface area contributed by atoms with Crippen molar-refractivity contribution >= 4 is 17.6 Å². The molecule has 122 valence electrons. The molecule has 1 aromatic heterocycles. The lowest BCUT2D eigenvalue weighted by Gasteiger charge is -2.39. The molecule has 2 heterocycles. The van der Waals surface area contributed by atoms with E-state index >= 15 is 0 Å². The maximum absolute atomic E-state index is 11.7. The Bertz CT molecular complexity index is 570. The first-order valence-corrected chi connectivity index (χ1v) is 8.08. The predicted molar refractivity (Wildman–Crippen MR) is 87.0 cm³/mol. The van der Waals surface area contributed by atoms with Gasteiger partial charge in [-0.3, -0.25) is 14.4 Å². The monoisotopic (exact) mass is 325 g/mol. The van der Waals surface area contributed by atoms with Gasteiger partial charge in [0.25, 0.3) is 0 Å². The van der Waals surface area contributed by atoms with Gasteiger partial charge in [0.1, 0.15) is 5.15 Å². The van der Waals surface area contributed by atoms with Gasteiger partial charge in [-0.15, -0.1) is 6.58 Å². The van der Waals surface area contributed by atoms with E-state index < -0.39 is 11.4 Å². The van der Waals surface area contributed by atoms with Crippen LogP contribution in [0.4, 0.5) is 0 Å². The molecule has 22 heavy (non-hydrogen) atoms. The Morgan fingerprint density at radius 2 is 2.32 bits per heavy atom. The second-order valence-corrected chi connectivity index (χ2v) is 6.44. The Labute approximate surface area is 136 Å². The number of carboxylic acid groups (broad SMARTS) is 1. The molecule has 0 saturated carbocycles. The minimum atomic E-state index is -0.731. The van der Waals surface area contributed by atoms with Crippen LogP contribution in [0, 0.1) is 5.41 Å². The summed E-state index contributed by atoms with van der Waals surface area (Å²) in [6.07, 6.45) is 4.61. The first-order valence-electron chi connectivity index (χ1n) is 7.70. The Kier molecular flexibility index (Phi) is 5.29. The van der Waals surface area contributed by atoms with Crippen molar-refractivity contribution < 1.29 is 9.90 Å². The fourth-order valence-electron chi connectivity index (χ4n) is 3.33. The fraction of sp³-hybridized carbons (Fsp3) is 0.625. The molecular formula is C16H24ClN3O2. The molecule has 1 aliphatic heterocycles. The van der Waals surface area contributed by atoms with Crippen molar-refractivity contribution in [1.29, 1.82) is 0 Å². The lowest BCUT2D eigenvalue weighted by Crippen LogP contribution is -2.47. The minimum absolute atomic E-state index is 0.500. The van der Waals surface area contributed by atoms with Crippen LogP contribution >= 0.6 is 11.6 Å². The summed E-state index contributed by atoms with van der Waals surface area (Å²) in [6, 6.07) is 0. The van der Waals surface area contributed by atoms with Gasteiger partial charge in [0, 0.05) is 25.7 Å². The van der Waals surface area contributed by atoms with Crippen LogP contribution in [-0.2, 0) is 24.8 Å². The van der Waals surface area contributed by atoms with Gasteiger partial charge in [0.2, 0.25) is 0 Å². The highest BCUT2D eigenvalue weighted by atomic mass is 35.5. The smallest absolute Gasteiger partial charge is 0.311 e. The number of aromatic nitrogens is 2. The number of aliphatic carboxylic acids is 1. The zero-order valence-corrected chi connectivity index (χ0v) is 14.1. The van der Waals surface area contributed by atoms with Crippen molar-refractivity contribution in [2.75, 3.05) is 13.1 Å². The largest absolute Gasteiger partial charge is 0.481 e. The molecular weight excluding hydrogens is 302 g/mol. The van der Waals surface area contributed by atoms with E-state index in [4.69, 9.17) is 11.6 Å². The average molecular weight is 326 g/mol. The van der Waals surface area contributed by atoms with Gasteiger partial charge in [-0.1, -0.05) is 24.6 Å². The number of carboxylic acids is 1. The van der Waals surface area contributed by atoms with Gasteiger partial charge in [-0.25, -0.2) is 0 Å². The fourth-order valence-corrected chi connectivity index (χ4v) is 3.54. The summed E-state index contributed by atoms with van der Waals surface area (Å²) in [7, 11) is 1.83. The van der Waals surface area contributed by atoms with Crippen LogP contribution in [0.1, 0.15) is 37.4 Å². The van der Waals surface area contributed by atoms with Crippen LogP contribution in [0.3, 0.4) is 0 Å². The van der Waals surface area contributed by atoms with Crippen molar-refractivity contribution in [3.05, 3.63) is 29.1 Å². The van der Waals surface area contributed by atoms with E-state index in [0.29, 0.717) is 31.1 Å². The van der Waals surface area contributed by atoms with Crippen LogP contribution in [-0.4, -0.2) is 38.8 Å². The van der Waals surface area contributed by atoms with Crippen LogP contribution in [0.25, 0.3) is 0 Å². The van der Waals surface area contributed by atoms with E-state index in [9.17, 15) is 9.90 Å². The van der Waals surface area contributed by atoms with E-state index in [2.05, 4.69) is 23.5 Å². The SMILES string of the molecule is C=CC[C@]1(C(=O)O)CCCN(Cc2c(CC)nn(C)c2Cl)C1. The van der Waals surface area contributed by atoms with Gasteiger partial charge in [-0.2, -0.15) is 5.10 Å².